The zero-order chi connectivity index (χ0) is 9.26. The fraction of sp³-hybridized carbons (Fsp3) is 0.444. The van der Waals surface area contributed by atoms with E-state index in [9.17, 15) is 4.39 Å². The molecule has 1 aromatic rings. The van der Waals surface area contributed by atoms with E-state index in [0.29, 0.717) is 12.2 Å². The largest absolute Gasteiger partial charge is 0.487 e. The quantitative estimate of drug-likeness (QED) is 0.764. The van der Waals surface area contributed by atoms with Gasteiger partial charge in [-0.05, 0) is 12.8 Å². The molecule has 0 aromatic carbocycles. The molecule has 0 unspecified atom stereocenters. The molecule has 0 bridgehead atoms. The maximum Gasteiger partial charge on any atom is 0.183 e. The molecule has 2 N–H and O–H groups in total. The topological polar surface area (TPSA) is 48.1 Å². The lowest BCUT2D eigenvalue weighted by molar-refractivity contribution is 0.286. The fourth-order valence-corrected chi connectivity index (χ4v) is 1.03. The van der Waals surface area contributed by atoms with Crippen LogP contribution >= 0.6 is 0 Å². The fourth-order valence-electron chi connectivity index (χ4n) is 1.03. The molecule has 1 heterocycles. The second-order valence-electron chi connectivity index (χ2n) is 3.13. The smallest absolute Gasteiger partial charge is 0.183 e. The molecule has 4 heteroatoms. The van der Waals surface area contributed by atoms with Crippen LogP contribution in [0.15, 0.2) is 12.3 Å². The van der Waals surface area contributed by atoms with Crippen LogP contribution in [0.3, 0.4) is 0 Å². The molecule has 3 nitrogen and oxygen atoms in total. The van der Waals surface area contributed by atoms with Gasteiger partial charge in [-0.2, -0.15) is 0 Å². The van der Waals surface area contributed by atoms with Crippen LogP contribution in [0.2, 0.25) is 0 Å². The minimum atomic E-state index is -0.413. The second-order valence-corrected chi connectivity index (χ2v) is 3.13. The van der Waals surface area contributed by atoms with E-state index in [1.165, 1.54) is 0 Å². The molecule has 1 aliphatic rings. The van der Waals surface area contributed by atoms with E-state index < -0.39 is 5.82 Å². The van der Waals surface area contributed by atoms with Crippen molar-refractivity contribution in [2.24, 2.45) is 5.73 Å². The van der Waals surface area contributed by atoms with Gasteiger partial charge in [0.25, 0.3) is 0 Å². The molecule has 1 aromatic heterocycles. The maximum absolute atomic E-state index is 13.1. The van der Waals surface area contributed by atoms with E-state index in [1.54, 1.807) is 6.07 Å². The zero-order valence-corrected chi connectivity index (χ0v) is 7.16. The highest BCUT2D eigenvalue weighted by Crippen LogP contribution is 2.28. The number of hydrogen-bond donors (Lipinski definition) is 1. The molecule has 0 saturated heterocycles. The Balaban J connectivity index is 2.19. The van der Waals surface area contributed by atoms with Crippen molar-refractivity contribution in [2.75, 3.05) is 0 Å². The van der Waals surface area contributed by atoms with Gasteiger partial charge in [-0.1, -0.05) is 0 Å². The molecule has 2 rings (SSSR count). The lowest BCUT2D eigenvalue weighted by Crippen LogP contribution is -2.03. The van der Waals surface area contributed by atoms with Crippen LogP contribution in [0.25, 0.3) is 0 Å². The molecular formula is C9H11FN2O. The highest BCUT2D eigenvalue weighted by atomic mass is 19.1. The van der Waals surface area contributed by atoms with Crippen molar-refractivity contribution in [1.29, 1.82) is 0 Å². The minimum Gasteiger partial charge on any atom is -0.487 e. The number of hydrogen-bond acceptors (Lipinski definition) is 3. The van der Waals surface area contributed by atoms with Gasteiger partial charge in [-0.3, -0.25) is 4.98 Å². The van der Waals surface area contributed by atoms with Crippen molar-refractivity contribution in [3.8, 4) is 5.75 Å². The number of aromatic nitrogens is 1. The monoisotopic (exact) mass is 182 g/mol. The van der Waals surface area contributed by atoms with Crippen molar-refractivity contribution in [1.82, 2.24) is 4.98 Å². The minimum absolute atomic E-state index is 0.197. The number of pyridine rings is 1. The highest BCUT2D eigenvalue weighted by Gasteiger charge is 2.24. The van der Waals surface area contributed by atoms with Gasteiger partial charge in [0.05, 0.1) is 18.0 Å². The summed E-state index contributed by atoms with van der Waals surface area (Å²) in [6.07, 6.45) is 3.38. The van der Waals surface area contributed by atoms with Gasteiger partial charge in [-0.25, -0.2) is 4.39 Å². The number of rotatable bonds is 3. The Morgan fingerprint density at radius 3 is 3.00 bits per heavy atom. The third-order valence-corrected chi connectivity index (χ3v) is 1.90. The van der Waals surface area contributed by atoms with Crippen LogP contribution in [-0.4, -0.2) is 11.1 Å². The molecule has 0 radical (unpaired) electrons. The average Bonchev–Trinajstić information content (AvgIpc) is 2.93. The molecule has 0 spiro atoms. The first kappa shape index (κ1) is 8.44. The Morgan fingerprint density at radius 1 is 1.62 bits per heavy atom. The van der Waals surface area contributed by atoms with E-state index >= 15 is 0 Å². The molecule has 13 heavy (non-hydrogen) atoms. The van der Waals surface area contributed by atoms with Gasteiger partial charge in [0.1, 0.15) is 0 Å². The van der Waals surface area contributed by atoms with Crippen molar-refractivity contribution in [3.05, 3.63) is 23.8 Å². The predicted molar refractivity (Wildman–Crippen MR) is 45.7 cm³/mol. The Bertz CT molecular complexity index is 312. The van der Waals surface area contributed by atoms with E-state index in [1.807, 2.05) is 0 Å². The third-order valence-electron chi connectivity index (χ3n) is 1.90. The SMILES string of the molecule is NCc1cc(OC2CC2)c(F)cn1. The van der Waals surface area contributed by atoms with Gasteiger partial charge in [-0.15, -0.1) is 0 Å². The zero-order valence-electron chi connectivity index (χ0n) is 7.16. The summed E-state index contributed by atoms with van der Waals surface area (Å²) < 4.78 is 18.4. The van der Waals surface area contributed by atoms with Gasteiger partial charge >= 0.3 is 0 Å². The summed E-state index contributed by atoms with van der Waals surface area (Å²) in [4.78, 5) is 3.81. The van der Waals surface area contributed by atoms with Crippen molar-refractivity contribution >= 4 is 0 Å². The summed E-state index contributed by atoms with van der Waals surface area (Å²) in [5.74, 6) is -0.137. The van der Waals surface area contributed by atoms with E-state index in [2.05, 4.69) is 4.98 Å². The normalized spacial score (nSPS) is 15.8. The first-order valence-electron chi connectivity index (χ1n) is 4.30. The predicted octanol–water partition coefficient (Wildman–Crippen LogP) is 1.22. The van der Waals surface area contributed by atoms with Gasteiger partial charge < -0.3 is 10.5 Å². The number of nitrogens with zero attached hydrogens (tertiary/aromatic N) is 1. The third kappa shape index (κ3) is 1.95. The van der Waals surface area contributed by atoms with Gasteiger partial charge in [0.2, 0.25) is 0 Å². The van der Waals surface area contributed by atoms with Crippen LogP contribution in [-0.2, 0) is 6.54 Å². The molecule has 0 amide bonds. The summed E-state index contributed by atoms with van der Waals surface area (Å²) in [6.45, 7) is 0.307. The Labute approximate surface area is 75.7 Å². The molecule has 1 saturated carbocycles. The molecule has 0 aliphatic heterocycles. The number of ether oxygens (including phenoxy) is 1. The van der Waals surface area contributed by atoms with Crippen LogP contribution in [0.1, 0.15) is 18.5 Å². The first-order valence-corrected chi connectivity index (χ1v) is 4.30. The van der Waals surface area contributed by atoms with Crippen LogP contribution in [0, 0.1) is 5.82 Å². The lowest BCUT2D eigenvalue weighted by atomic mass is 10.3. The van der Waals surface area contributed by atoms with Gasteiger partial charge in [0, 0.05) is 12.6 Å². The number of halogens is 1. The lowest BCUT2D eigenvalue weighted by Gasteiger charge is -2.06. The second kappa shape index (κ2) is 3.30. The first-order chi connectivity index (χ1) is 6.29. The summed E-state index contributed by atoms with van der Waals surface area (Å²) >= 11 is 0. The van der Waals surface area contributed by atoms with Crippen molar-refractivity contribution in [3.63, 3.8) is 0 Å². The standard InChI is InChI=1S/C9H11FN2O/c10-8-5-12-6(4-11)3-9(8)13-7-1-2-7/h3,5,7H,1-2,4,11H2. The van der Waals surface area contributed by atoms with Crippen LogP contribution in [0.5, 0.6) is 5.75 Å². The van der Waals surface area contributed by atoms with Crippen molar-refractivity contribution < 1.29 is 9.13 Å². The van der Waals surface area contributed by atoms with Crippen LogP contribution < -0.4 is 10.5 Å². The molecule has 1 fully saturated rings. The summed E-state index contributed by atoms with van der Waals surface area (Å²) in [5, 5.41) is 0. The van der Waals surface area contributed by atoms with Crippen LogP contribution in [0.4, 0.5) is 4.39 Å². The van der Waals surface area contributed by atoms with E-state index in [4.69, 9.17) is 10.5 Å². The summed E-state index contributed by atoms with van der Waals surface area (Å²) in [5.41, 5.74) is 6.02. The Hall–Kier alpha value is -1.16. The maximum atomic E-state index is 13.1. The van der Waals surface area contributed by atoms with Crippen molar-refractivity contribution in [2.45, 2.75) is 25.5 Å². The van der Waals surface area contributed by atoms with E-state index in [0.717, 1.165) is 19.0 Å². The number of nitrogens with two attached hydrogens (primary N) is 1. The van der Waals surface area contributed by atoms with Gasteiger partial charge in [0.15, 0.2) is 11.6 Å². The molecule has 70 valence electrons. The van der Waals surface area contributed by atoms with E-state index in [-0.39, 0.29) is 11.9 Å². The Morgan fingerprint density at radius 2 is 2.38 bits per heavy atom. The highest BCUT2D eigenvalue weighted by molar-refractivity contribution is 5.25. The summed E-state index contributed by atoms with van der Waals surface area (Å²) in [6, 6.07) is 1.56. The summed E-state index contributed by atoms with van der Waals surface area (Å²) in [7, 11) is 0. The Kier molecular flexibility index (Phi) is 2.14. The molecular weight excluding hydrogens is 171 g/mol. The molecule has 0 atom stereocenters. The molecule has 1 aliphatic carbocycles. The average molecular weight is 182 g/mol.